The summed E-state index contributed by atoms with van der Waals surface area (Å²) in [4.78, 5) is 7.16. The number of hydrogen-bond acceptors (Lipinski definition) is 4. The summed E-state index contributed by atoms with van der Waals surface area (Å²) in [5.74, 6) is 0. The van der Waals surface area contributed by atoms with E-state index in [1.54, 1.807) is 18.3 Å². The summed E-state index contributed by atoms with van der Waals surface area (Å²) in [6.07, 6.45) is 5.88. The van der Waals surface area contributed by atoms with E-state index in [0.717, 1.165) is 19.3 Å². The van der Waals surface area contributed by atoms with E-state index in [0.29, 0.717) is 11.0 Å². The van der Waals surface area contributed by atoms with Crippen molar-refractivity contribution in [3.63, 3.8) is 0 Å². The molecule has 0 bridgehead atoms. The van der Waals surface area contributed by atoms with Crippen LogP contribution in [0.4, 0.5) is 0 Å². The van der Waals surface area contributed by atoms with Gasteiger partial charge in [0.05, 0.1) is 0 Å². The van der Waals surface area contributed by atoms with E-state index in [4.69, 9.17) is 5.73 Å². The van der Waals surface area contributed by atoms with Gasteiger partial charge in [-0.15, -0.1) is 12.4 Å². The lowest BCUT2D eigenvalue weighted by molar-refractivity contribution is 0.251. The van der Waals surface area contributed by atoms with Crippen molar-refractivity contribution in [2.45, 2.75) is 29.7 Å². The second-order valence-corrected chi connectivity index (χ2v) is 6.83. The van der Waals surface area contributed by atoms with Crippen LogP contribution in [0.5, 0.6) is 0 Å². The molecule has 6 nitrogen and oxygen atoms in total. The van der Waals surface area contributed by atoms with E-state index in [9.17, 15) is 8.42 Å². The van der Waals surface area contributed by atoms with E-state index in [1.165, 1.54) is 6.20 Å². The second-order valence-electron chi connectivity index (χ2n) is 5.09. The van der Waals surface area contributed by atoms with Gasteiger partial charge >= 0.3 is 0 Å². The normalized spacial score (nSPS) is 17.4. The summed E-state index contributed by atoms with van der Waals surface area (Å²) in [6, 6.07) is 3.44. The van der Waals surface area contributed by atoms with Crippen molar-refractivity contribution in [3.05, 3.63) is 24.5 Å². The van der Waals surface area contributed by atoms with Crippen molar-refractivity contribution in [1.29, 1.82) is 0 Å². The number of H-pyrrole nitrogens is 1. The Hall–Kier alpha value is -1.15. The molecule has 1 aliphatic rings. The minimum Gasteiger partial charge on any atom is -0.345 e. The molecule has 0 amide bonds. The number of fused-ring (bicyclic) bond motifs is 1. The van der Waals surface area contributed by atoms with Gasteiger partial charge in [-0.1, -0.05) is 0 Å². The molecular formula is C12H17ClN4O2S. The molecule has 110 valence electrons. The van der Waals surface area contributed by atoms with Crippen LogP contribution in [0.2, 0.25) is 0 Å². The van der Waals surface area contributed by atoms with Crippen LogP contribution in [0, 0.1) is 0 Å². The van der Waals surface area contributed by atoms with Gasteiger partial charge in [-0.2, -0.15) is 0 Å². The number of rotatable bonds is 4. The minimum atomic E-state index is -3.55. The molecule has 0 aromatic carbocycles. The summed E-state index contributed by atoms with van der Waals surface area (Å²) in [5.41, 5.74) is 6.22. The van der Waals surface area contributed by atoms with Crippen LogP contribution in [-0.2, 0) is 10.0 Å². The molecule has 8 heteroatoms. The van der Waals surface area contributed by atoms with Gasteiger partial charge < -0.3 is 10.7 Å². The van der Waals surface area contributed by atoms with Crippen LogP contribution < -0.4 is 10.5 Å². The maximum Gasteiger partial charge on any atom is 0.242 e. The van der Waals surface area contributed by atoms with Crippen molar-refractivity contribution in [2.24, 2.45) is 5.73 Å². The van der Waals surface area contributed by atoms with Gasteiger partial charge in [0.2, 0.25) is 10.0 Å². The lowest BCUT2D eigenvalue weighted by Crippen LogP contribution is -2.54. The number of aromatic amines is 1. The largest absolute Gasteiger partial charge is 0.345 e. The van der Waals surface area contributed by atoms with Crippen molar-refractivity contribution >= 4 is 33.5 Å². The molecule has 2 aromatic rings. The molecule has 1 fully saturated rings. The molecule has 4 N–H and O–H groups in total. The van der Waals surface area contributed by atoms with Gasteiger partial charge in [0.15, 0.2) is 0 Å². The summed E-state index contributed by atoms with van der Waals surface area (Å²) in [7, 11) is -3.55. The molecule has 3 rings (SSSR count). The molecular weight excluding hydrogens is 300 g/mol. The number of nitrogens with zero attached hydrogens (tertiary/aromatic N) is 1. The Morgan fingerprint density at radius 2 is 2.20 bits per heavy atom. The summed E-state index contributed by atoms with van der Waals surface area (Å²) < 4.78 is 27.2. The fourth-order valence-corrected chi connectivity index (χ4v) is 3.58. The first-order valence-electron chi connectivity index (χ1n) is 6.21. The average molecular weight is 317 g/mol. The molecule has 0 radical (unpaired) electrons. The van der Waals surface area contributed by atoms with Crippen LogP contribution in [0.1, 0.15) is 19.3 Å². The van der Waals surface area contributed by atoms with Crippen molar-refractivity contribution < 1.29 is 8.42 Å². The van der Waals surface area contributed by atoms with Crippen LogP contribution >= 0.6 is 12.4 Å². The maximum atomic E-state index is 12.3. The monoisotopic (exact) mass is 316 g/mol. The van der Waals surface area contributed by atoms with E-state index >= 15 is 0 Å². The summed E-state index contributed by atoms with van der Waals surface area (Å²) in [6.45, 7) is 0.280. The Bertz CT molecular complexity index is 709. The number of aromatic nitrogens is 2. The molecule has 0 atom stereocenters. The first-order valence-corrected chi connectivity index (χ1v) is 7.69. The zero-order valence-electron chi connectivity index (χ0n) is 10.8. The Labute approximate surface area is 123 Å². The van der Waals surface area contributed by atoms with E-state index in [1.807, 2.05) is 0 Å². The molecule has 2 heterocycles. The first kappa shape index (κ1) is 15.2. The number of sulfonamides is 1. The second kappa shape index (κ2) is 5.33. The molecule has 0 unspecified atom stereocenters. The third-order valence-electron chi connectivity index (χ3n) is 3.67. The predicted octanol–water partition coefficient (Wildman–Crippen LogP) is 1.14. The van der Waals surface area contributed by atoms with Crippen LogP contribution in [0.15, 0.2) is 29.4 Å². The standard InChI is InChI=1S/C12H16N4O2S.ClH/c13-12(4-2-5-12)8-16-19(17,18)10-7-15-11-9(10)3-1-6-14-11;/h1,3,6-7,16H,2,4-5,8,13H2,(H,14,15);1H. The molecule has 1 saturated carbocycles. The molecule has 2 aromatic heterocycles. The molecule has 20 heavy (non-hydrogen) atoms. The van der Waals surface area contributed by atoms with E-state index in [2.05, 4.69) is 14.7 Å². The lowest BCUT2D eigenvalue weighted by Gasteiger charge is -2.37. The fraction of sp³-hybridized carbons (Fsp3) is 0.417. The van der Waals surface area contributed by atoms with Crippen LogP contribution in [-0.4, -0.2) is 30.5 Å². The zero-order valence-corrected chi connectivity index (χ0v) is 12.4. The molecule has 0 saturated heterocycles. The highest BCUT2D eigenvalue weighted by molar-refractivity contribution is 7.89. The Morgan fingerprint density at radius 1 is 1.45 bits per heavy atom. The quantitative estimate of drug-likeness (QED) is 0.787. The van der Waals surface area contributed by atoms with Gasteiger partial charge in [-0.3, -0.25) is 0 Å². The number of nitrogens with one attached hydrogen (secondary N) is 2. The van der Waals surface area contributed by atoms with Crippen molar-refractivity contribution in [2.75, 3.05) is 6.54 Å². The van der Waals surface area contributed by atoms with Crippen molar-refractivity contribution in [1.82, 2.24) is 14.7 Å². The summed E-state index contributed by atoms with van der Waals surface area (Å²) in [5, 5.41) is 0.592. The van der Waals surface area contributed by atoms with E-state index in [-0.39, 0.29) is 29.4 Å². The Balaban J connectivity index is 0.00000147. The third-order valence-corrected chi connectivity index (χ3v) is 5.11. The highest BCUT2D eigenvalue weighted by atomic mass is 35.5. The fourth-order valence-electron chi connectivity index (χ4n) is 2.28. The lowest BCUT2D eigenvalue weighted by atomic mass is 9.78. The van der Waals surface area contributed by atoms with Gasteiger partial charge in [-0.25, -0.2) is 18.1 Å². The Kier molecular flexibility index (Phi) is 4.06. The van der Waals surface area contributed by atoms with Gasteiger partial charge in [0, 0.05) is 29.9 Å². The highest BCUT2D eigenvalue weighted by Gasteiger charge is 2.34. The maximum absolute atomic E-state index is 12.3. The number of halogens is 1. The summed E-state index contributed by atoms with van der Waals surface area (Å²) >= 11 is 0. The van der Waals surface area contributed by atoms with Gasteiger partial charge in [-0.05, 0) is 31.4 Å². The molecule has 0 spiro atoms. The third kappa shape index (κ3) is 2.67. The number of nitrogens with two attached hydrogens (primary N) is 1. The smallest absolute Gasteiger partial charge is 0.242 e. The first-order chi connectivity index (χ1) is 9.00. The van der Waals surface area contributed by atoms with Crippen LogP contribution in [0.3, 0.4) is 0 Å². The zero-order chi connectivity index (χ0) is 13.5. The predicted molar refractivity (Wildman–Crippen MR) is 79.3 cm³/mol. The highest BCUT2D eigenvalue weighted by Crippen LogP contribution is 2.29. The molecule has 0 aliphatic heterocycles. The minimum absolute atomic E-state index is 0. The topological polar surface area (TPSA) is 101 Å². The number of hydrogen-bond donors (Lipinski definition) is 3. The van der Waals surface area contributed by atoms with Gasteiger partial charge in [0.1, 0.15) is 10.5 Å². The van der Waals surface area contributed by atoms with Crippen molar-refractivity contribution in [3.8, 4) is 0 Å². The Morgan fingerprint density at radius 3 is 2.85 bits per heavy atom. The van der Waals surface area contributed by atoms with Gasteiger partial charge in [0.25, 0.3) is 0 Å². The number of pyridine rings is 1. The average Bonchev–Trinajstić information content (AvgIpc) is 2.79. The SMILES string of the molecule is Cl.NC1(CNS(=O)(=O)c2c[nH]c3ncccc23)CCC1. The van der Waals surface area contributed by atoms with Crippen LogP contribution in [0.25, 0.3) is 11.0 Å². The molecule has 1 aliphatic carbocycles. The van der Waals surface area contributed by atoms with E-state index < -0.39 is 10.0 Å².